The van der Waals surface area contributed by atoms with Gasteiger partial charge in [-0.2, -0.15) is 0 Å². The van der Waals surface area contributed by atoms with Crippen LogP contribution in [0, 0.1) is 11.6 Å². The van der Waals surface area contributed by atoms with Crippen molar-refractivity contribution in [3.8, 4) is 0 Å². The van der Waals surface area contributed by atoms with Crippen LogP contribution in [0.2, 0.25) is 5.02 Å². The van der Waals surface area contributed by atoms with Crippen LogP contribution in [0.5, 0.6) is 0 Å². The van der Waals surface area contributed by atoms with Gasteiger partial charge in [0.2, 0.25) is 0 Å². The van der Waals surface area contributed by atoms with Crippen LogP contribution in [-0.4, -0.2) is 22.8 Å². The number of fused-ring (bicyclic) bond motifs is 1. The van der Waals surface area contributed by atoms with Crippen LogP contribution in [0.3, 0.4) is 0 Å². The van der Waals surface area contributed by atoms with Gasteiger partial charge in [-0.3, -0.25) is 0 Å². The van der Waals surface area contributed by atoms with E-state index in [0.717, 1.165) is 6.07 Å². The molecule has 0 aliphatic carbocycles. The van der Waals surface area contributed by atoms with E-state index in [0.29, 0.717) is 6.07 Å². The van der Waals surface area contributed by atoms with Gasteiger partial charge >= 0.3 is 5.97 Å². The van der Waals surface area contributed by atoms with Crippen molar-refractivity contribution < 1.29 is 18.3 Å². The van der Waals surface area contributed by atoms with Gasteiger partial charge in [0.05, 0.1) is 11.6 Å². The van der Waals surface area contributed by atoms with Crippen LogP contribution >= 0.6 is 11.6 Å². The third-order valence-electron chi connectivity index (χ3n) is 2.19. The first-order chi connectivity index (χ1) is 8.54. The molecule has 7 heteroatoms. The number of nitrogens with zero attached hydrogens (tertiary/aromatic N) is 2. The molecule has 0 atom stereocenters. The predicted molar refractivity (Wildman–Crippen MR) is 60.4 cm³/mol. The number of hydrogen-bond acceptors (Lipinski definition) is 4. The number of aromatic nitrogens is 2. The molecule has 0 N–H and O–H groups in total. The lowest BCUT2D eigenvalue weighted by Crippen LogP contribution is -2.09. The number of esters is 1. The van der Waals surface area contributed by atoms with E-state index >= 15 is 0 Å². The van der Waals surface area contributed by atoms with E-state index in [9.17, 15) is 13.6 Å². The lowest BCUT2D eigenvalue weighted by Gasteiger charge is -2.05. The molecule has 94 valence electrons. The number of benzene rings is 1. The Kier molecular flexibility index (Phi) is 3.38. The van der Waals surface area contributed by atoms with Crippen molar-refractivity contribution in [2.45, 2.75) is 6.92 Å². The lowest BCUT2D eigenvalue weighted by atomic mass is 10.2. The predicted octanol–water partition coefficient (Wildman–Crippen LogP) is 2.74. The lowest BCUT2D eigenvalue weighted by molar-refractivity contribution is 0.0518. The molecule has 2 rings (SSSR count). The summed E-state index contributed by atoms with van der Waals surface area (Å²) in [6.45, 7) is 1.74. The highest BCUT2D eigenvalue weighted by Gasteiger charge is 2.19. The van der Waals surface area contributed by atoms with Gasteiger partial charge < -0.3 is 4.74 Å². The zero-order valence-corrected chi connectivity index (χ0v) is 9.96. The van der Waals surface area contributed by atoms with Gasteiger partial charge in [-0.15, -0.1) is 10.2 Å². The Labute approximate surface area is 106 Å². The molecule has 0 saturated carbocycles. The van der Waals surface area contributed by atoms with E-state index in [4.69, 9.17) is 16.3 Å². The summed E-state index contributed by atoms with van der Waals surface area (Å²) in [6, 6.07) is 1.65. The van der Waals surface area contributed by atoms with Crippen LogP contribution in [-0.2, 0) is 4.74 Å². The fraction of sp³-hybridized carbons (Fsp3) is 0.182. The van der Waals surface area contributed by atoms with Crippen LogP contribution in [0.1, 0.15) is 17.4 Å². The molecule has 0 bridgehead atoms. The second-order valence-electron chi connectivity index (χ2n) is 3.37. The first-order valence-corrected chi connectivity index (χ1v) is 5.40. The maximum Gasteiger partial charge on any atom is 0.360 e. The molecule has 1 aromatic carbocycles. The fourth-order valence-electron chi connectivity index (χ4n) is 1.44. The van der Waals surface area contributed by atoms with Crippen LogP contribution < -0.4 is 0 Å². The first-order valence-electron chi connectivity index (χ1n) is 5.02. The Hall–Kier alpha value is -1.82. The fourth-order valence-corrected chi connectivity index (χ4v) is 1.70. The van der Waals surface area contributed by atoms with E-state index in [1.54, 1.807) is 6.92 Å². The first kappa shape index (κ1) is 12.6. The summed E-state index contributed by atoms with van der Waals surface area (Å²) in [7, 11) is 0. The molecule has 0 saturated heterocycles. The maximum absolute atomic E-state index is 13.4. The summed E-state index contributed by atoms with van der Waals surface area (Å²) in [6.07, 6.45) is 0. The van der Waals surface area contributed by atoms with E-state index in [1.807, 2.05) is 0 Å². The summed E-state index contributed by atoms with van der Waals surface area (Å²) in [4.78, 5) is 11.5. The minimum atomic E-state index is -0.894. The highest BCUT2D eigenvalue weighted by molar-refractivity contribution is 6.37. The van der Waals surface area contributed by atoms with Gasteiger partial charge in [0.15, 0.2) is 11.5 Å². The van der Waals surface area contributed by atoms with Gasteiger partial charge in [-0.1, -0.05) is 11.6 Å². The number of carbonyl (C=O) groups excluding carboxylic acids is 1. The van der Waals surface area contributed by atoms with Gasteiger partial charge in [-0.25, -0.2) is 13.6 Å². The van der Waals surface area contributed by atoms with Crippen LogP contribution in [0.25, 0.3) is 10.9 Å². The van der Waals surface area contributed by atoms with Crippen molar-refractivity contribution in [1.29, 1.82) is 0 Å². The molecule has 0 aliphatic rings. The summed E-state index contributed by atoms with van der Waals surface area (Å²) >= 11 is 5.88. The Morgan fingerprint density at radius 3 is 2.78 bits per heavy atom. The van der Waals surface area contributed by atoms with E-state index < -0.39 is 17.6 Å². The smallest absolute Gasteiger partial charge is 0.360 e. The van der Waals surface area contributed by atoms with Crippen molar-refractivity contribution in [1.82, 2.24) is 10.2 Å². The number of carbonyl (C=O) groups is 1. The highest BCUT2D eigenvalue weighted by Crippen LogP contribution is 2.27. The van der Waals surface area contributed by atoms with E-state index in [2.05, 4.69) is 10.2 Å². The molecule has 0 aliphatic heterocycles. The molecule has 4 nitrogen and oxygen atoms in total. The van der Waals surface area contributed by atoms with Gasteiger partial charge in [0.1, 0.15) is 11.3 Å². The maximum atomic E-state index is 13.4. The third-order valence-corrected chi connectivity index (χ3v) is 2.57. The van der Waals surface area contributed by atoms with Gasteiger partial charge in [-0.05, 0) is 13.0 Å². The summed E-state index contributed by atoms with van der Waals surface area (Å²) in [5, 5.41) is 6.80. The third kappa shape index (κ3) is 2.11. The monoisotopic (exact) mass is 272 g/mol. The van der Waals surface area contributed by atoms with Crippen LogP contribution in [0.15, 0.2) is 12.1 Å². The standard InChI is InChI=1S/C11H7ClF2N2O2/c1-2-18-11(17)10-8(12)6-3-5(13)4-7(14)9(6)15-16-10/h3-4H,2H2,1H3. The van der Waals surface area contributed by atoms with Crippen LogP contribution in [0.4, 0.5) is 8.78 Å². The van der Waals surface area contributed by atoms with Crippen molar-refractivity contribution in [2.75, 3.05) is 6.61 Å². The molecule has 0 fully saturated rings. The SMILES string of the molecule is CCOC(=O)c1nnc2c(F)cc(F)cc2c1Cl. The molecule has 18 heavy (non-hydrogen) atoms. The molecular formula is C11H7ClF2N2O2. The summed E-state index contributed by atoms with van der Waals surface area (Å²) in [5.41, 5.74) is -0.467. The topological polar surface area (TPSA) is 52.1 Å². The number of hydrogen-bond donors (Lipinski definition) is 0. The second kappa shape index (κ2) is 4.81. The van der Waals surface area contributed by atoms with E-state index in [1.165, 1.54) is 0 Å². The van der Waals surface area contributed by atoms with Crippen molar-refractivity contribution in [3.63, 3.8) is 0 Å². The molecule has 0 unspecified atom stereocenters. The number of ether oxygens (including phenoxy) is 1. The molecule has 0 spiro atoms. The average molecular weight is 273 g/mol. The minimum absolute atomic E-state index is 0.0211. The second-order valence-corrected chi connectivity index (χ2v) is 3.74. The Balaban J connectivity index is 2.67. The molecule has 0 radical (unpaired) electrons. The highest BCUT2D eigenvalue weighted by atomic mass is 35.5. The molecular weight excluding hydrogens is 266 g/mol. The molecule has 0 amide bonds. The minimum Gasteiger partial charge on any atom is -0.461 e. The van der Waals surface area contributed by atoms with Crippen molar-refractivity contribution in [3.05, 3.63) is 34.5 Å². The van der Waals surface area contributed by atoms with Gasteiger partial charge in [0, 0.05) is 11.5 Å². The van der Waals surface area contributed by atoms with Crippen molar-refractivity contribution >= 4 is 28.5 Å². The zero-order valence-electron chi connectivity index (χ0n) is 9.21. The zero-order chi connectivity index (χ0) is 13.3. The summed E-state index contributed by atoms with van der Waals surface area (Å²) < 4.78 is 31.2. The molecule has 1 aromatic heterocycles. The molecule has 2 aromatic rings. The van der Waals surface area contributed by atoms with Gasteiger partial charge in [0.25, 0.3) is 0 Å². The number of halogens is 3. The Morgan fingerprint density at radius 1 is 1.39 bits per heavy atom. The number of rotatable bonds is 2. The molecule has 1 heterocycles. The normalized spacial score (nSPS) is 10.7. The largest absolute Gasteiger partial charge is 0.461 e. The average Bonchev–Trinajstić information content (AvgIpc) is 2.30. The Bertz CT molecular complexity index is 634. The Morgan fingerprint density at radius 2 is 2.11 bits per heavy atom. The van der Waals surface area contributed by atoms with Crippen molar-refractivity contribution in [2.24, 2.45) is 0 Å². The quantitative estimate of drug-likeness (QED) is 0.789. The summed E-state index contributed by atoms with van der Waals surface area (Å²) in [5.74, 6) is -2.50. The van der Waals surface area contributed by atoms with E-state index in [-0.39, 0.29) is 28.2 Å².